The molecule has 1 saturated carbocycles. The Kier molecular flexibility index (Phi) is 8.20. The van der Waals surface area contributed by atoms with Crippen LogP contribution in [0.15, 0.2) is 18.2 Å². The van der Waals surface area contributed by atoms with Crippen LogP contribution in [0.25, 0.3) is 0 Å². The number of amides is 4. The molecule has 2 saturated heterocycles. The number of anilines is 1. The van der Waals surface area contributed by atoms with E-state index in [1.54, 1.807) is 24.0 Å². The molecule has 2 heterocycles. The number of β-amino-alcohol motifs (C(OH)–C–C–N with tert-alkyl or cyclic N) is 1. The van der Waals surface area contributed by atoms with Crippen molar-refractivity contribution in [2.45, 2.75) is 57.2 Å². The number of aliphatic hydroxyl groups is 1. The average Bonchev–Trinajstić information content (AvgIpc) is 3.65. The van der Waals surface area contributed by atoms with Crippen LogP contribution < -0.4 is 5.32 Å². The zero-order valence-electron chi connectivity index (χ0n) is 20.9. The highest BCUT2D eigenvalue weighted by Crippen LogP contribution is 2.53. The van der Waals surface area contributed by atoms with Crippen LogP contribution in [0, 0.1) is 5.41 Å². The van der Waals surface area contributed by atoms with Gasteiger partial charge in [0, 0.05) is 31.7 Å². The van der Waals surface area contributed by atoms with Crippen molar-refractivity contribution in [2.24, 2.45) is 5.41 Å². The van der Waals surface area contributed by atoms with E-state index >= 15 is 0 Å². The fourth-order valence-corrected chi connectivity index (χ4v) is 5.45. The molecule has 3 unspecified atom stereocenters. The standard InChI is InChI=1S/C25H32Cl2N4O6/c1-15-22(34)30(10-3-4-21(33)29-11-9-25(7-8-25)20(32)14-29)19(23(35)37-2)13-31(15)24(36)28-16-5-6-17(26)18(27)12-16/h5-6,12,15,19-20,32H,3-4,7-11,13-14H2,1-2H3,(H,28,36). The Morgan fingerprint density at radius 2 is 1.89 bits per heavy atom. The molecule has 1 aliphatic carbocycles. The predicted octanol–water partition coefficient (Wildman–Crippen LogP) is 2.75. The van der Waals surface area contributed by atoms with Crippen molar-refractivity contribution < 1.29 is 29.0 Å². The van der Waals surface area contributed by atoms with Gasteiger partial charge in [-0.15, -0.1) is 0 Å². The van der Waals surface area contributed by atoms with Crippen molar-refractivity contribution in [3.63, 3.8) is 0 Å². The second-order valence-electron chi connectivity index (χ2n) is 10.0. The number of hydrogen-bond donors (Lipinski definition) is 2. The van der Waals surface area contributed by atoms with E-state index in [9.17, 15) is 24.3 Å². The predicted molar refractivity (Wildman–Crippen MR) is 137 cm³/mol. The number of carbonyl (C=O) groups is 4. The van der Waals surface area contributed by atoms with Gasteiger partial charge in [0.1, 0.15) is 12.1 Å². The maximum absolute atomic E-state index is 13.3. The highest BCUT2D eigenvalue weighted by atomic mass is 35.5. The summed E-state index contributed by atoms with van der Waals surface area (Å²) in [5.41, 5.74) is 0.406. The molecular weight excluding hydrogens is 523 g/mol. The Morgan fingerprint density at radius 3 is 2.51 bits per heavy atom. The lowest BCUT2D eigenvalue weighted by Gasteiger charge is -2.43. The third-order valence-electron chi connectivity index (χ3n) is 7.77. The Labute approximate surface area is 225 Å². The van der Waals surface area contributed by atoms with Crippen molar-refractivity contribution in [3.05, 3.63) is 28.2 Å². The molecule has 37 heavy (non-hydrogen) atoms. The highest BCUT2D eigenvalue weighted by Gasteiger charge is 2.51. The number of ether oxygens (including phenoxy) is 1. The van der Waals surface area contributed by atoms with E-state index in [2.05, 4.69) is 5.32 Å². The van der Waals surface area contributed by atoms with Crippen molar-refractivity contribution in [3.8, 4) is 0 Å². The Hall–Kier alpha value is -2.56. The number of piperazine rings is 1. The second kappa shape index (κ2) is 11.0. The monoisotopic (exact) mass is 554 g/mol. The Bertz CT molecular complexity index is 1080. The van der Waals surface area contributed by atoms with E-state index in [1.807, 2.05) is 0 Å². The number of urea groups is 1. The number of methoxy groups -OCH3 is 1. The largest absolute Gasteiger partial charge is 0.467 e. The fraction of sp³-hybridized carbons (Fsp3) is 0.600. The molecule has 10 nitrogen and oxygen atoms in total. The number of hydrogen-bond acceptors (Lipinski definition) is 6. The van der Waals surface area contributed by atoms with Crippen molar-refractivity contribution in [2.75, 3.05) is 38.6 Å². The van der Waals surface area contributed by atoms with E-state index in [4.69, 9.17) is 27.9 Å². The van der Waals surface area contributed by atoms with Gasteiger partial charge in [0.2, 0.25) is 11.8 Å². The molecule has 1 aromatic rings. The maximum atomic E-state index is 13.3. The van der Waals surface area contributed by atoms with Crippen LogP contribution in [0.1, 0.15) is 39.0 Å². The van der Waals surface area contributed by atoms with Gasteiger partial charge in [-0.25, -0.2) is 9.59 Å². The molecule has 12 heteroatoms. The molecule has 4 amide bonds. The number of piperidine rings is 1. The summed E-state index contributed by atoms with van der Waals surface area (Å²) >= 11 is 12.0. The van der Waals surface area contributed by atoms with Gasteiger partial charge in [0.25, 0.3) is 0 Å². The summed E-state index contributed by atoms with van der Waals surface area (Å²) in [6.07, 6.45) is 2.89. The Morgan fingerprint density at radius 1 is 1.16 bits per heavy atom. The maximum Gasteiger partial charge on any atom is 0.330 e. The van der Waals surface area contributed by atoms with Crippen molar-refractivity contribution in [1.82, 2.24) is 14.7 Å². The minimum absolute atomic E-state index is 0.0128. The molecule has 1 aromatic carbocycles. The first-order valence-electron chi connectivity index (χ1n) is 12.4. The first kappa shape index (κ1) is 27.5. The molecule has 0 aromatic heterocycles. The molecule has 0 radical (unpaired) electrons. The topological polar surface area (TPSA) is 119 Å². The second-order valence-corrected chi connectivity index (χ2v) is 10.8. The minimum Gasteiger partial charge on any atom is -0.467 e. The summed E-state index contributed by atoms with van der Waals surface area (Å²) in [7, 11) is 1.22. The molecule has 1 spiro atoms. The van der Waals surface area contributed by atoms with Gasteiger partial charge in [-0.05, 0) is 56.2 Å². The van der Waals surface area contributed by atoms with E-state index in [0.29, 0.717) is 30.2 Å². The lowest BCUT2D eigenvalue weighted by atomic mass is 9.90. The number of likely N-dealkylation sites (tertiary alicyclic amines) is 1. The molecule has 0 bridgehead atoms. The quantitative estimate of drug-likeness (QED) is 0.522. The lowest BCUT2D eigenvalue weighted by molar-refractivity contribution is -0.159. The van der Waals surface area contributed by atoms with Crippen LogP contribution >= 0.6 is 23.2 Å². The van der Waals surface area contributed by atoms with Gasteiger partial charge < -0.3 is 29.9 Å². The molecule has 2 N–H and O–H groups in total. The van der Waals surface area contributed by atoms with Gasteiger partial charge in [-0.1, -0.05) is 23.2 Å². The number of esters is 1. The van der Waals surface area contributed by atoms with Gasteiger partial charge in [0.05, 0.1) is 29.8 Å². The summed E-state index contributed by atoms with van der Waals surface area (Å²) in [4.78, 5) is 55.9. The molecule has 2 aliphatic heterocycles. The number of aliphatic hydroxyl groups excluding tert-OH is 1. The number of carbonyl (C=O) groups excluding carboxylic acids is 4. The van der Waals surface area contributed by atoms with Crippen molar-refractivity contribution >= 4 is 52.7 Å². The Balaban J connectivity index is 1.36. The lowest BCUT2D eigenvalue weighted by Crippen LogP contribution is -2.65. The van der Waals surface area contributed by atoms with E-state index < -0.39 is 36.1 Å². The van der Waals surface area contributed by atoms with Crippen LogP contribution in [0.2, 0.25) is 10.0 Å². The zero-order valence-corrected chi connectivity index (χ0v) is 22.4. The van der Waals surface area contributed by atoms with E-state index in [-0.39, 0.29) is 35.9 Å². The number of rotatable bonds is 6. The summed E-state index contributed by atoms with van der Waals surface area (Å²) < 4.78 is 4.91. The number of halogens is 2. The van der Waals surface area contributed by atoms with E-state index in [1.165, 1.54) is 23.0 Å². The smallest absolute Gasteiger partial charge is 0.330 e. The summed E-state index contributed by atoms with van der Waals surface area (Å²) in [5.74, 6) is -1.14. The van der Waals surface area contributed by atoms with Gasteiger partial charge in [-0.3, -0.25) is 9.59 Å². The van der Waals surface area contributed by atoms with Gasteiger partial charge in [0.15, 0.2) is 0 Å². The van der Waals surface area contributed by atoms with Crippen LogP contribution in [0.4, 0.5) is 10.5 Å². The van der Waals surface area contributed by atoms with Gasteiger partial charge >= 0.3 is 12.0 Å². The van der Waals surface area contributed by atoms with Gasteiger partial charge in [-0.2, -0.15) is 0 Å². The van der Waals surface area contributed by atoms with Crippen molar-refractivity contribution in [1.29, 1.82) is 0 Å². The first-order chi connectivity index (χ1) is 17.6. The molecule has 4 rings (SSSR count). The zero-order chi connectivity index (χ0) is 26.9. The SMILES string of the molecule is COC(=O)C1CN(C(=O)Nc2ccc(Cl)c(Cl)c2)C(C)C(=O)N1CCCC(=O)N1CCC2(CC2)C(O)C1. The molecule has 3 aliphatic rings. The summed E-state index contributed by atoms with van der Waals surface area (Å²) in [5, 5.41) is 13.7. The third kappa shape index (κ3) is 5.81. The normalized spacial score (nSPS) is 24.7. The third-order valence-corrected chi connectivity index (χ3v) is 8.51. The highest BCUT2D eigenvalue weighted by molar-refractivity contribution is 6.42. The molecular formula is C25H32Cl2N4O6. The van der Waals surface area contributed by atoms with Crippen LogP contribution in [0.5, 0.6) is 0 Å². The fourth-order valence-electron chi connectivity index (χ4n) is 5.15. The number of nitrogens with one attached hydrogen (secondary N) is 1. The molecule has 3 fully saturated rings. The summed E-state index contributed by atoms with van der Waals surface area (Å²) in [6.45, 7) is 2.65. The molecule has 202 valence electrons. The van der Waals surface area contributed by atoms with Crippen LogP contribution in [-0.4, -0.2) is 95.1 Å². The number of nitrogens with zero attached hydrogens (tertiary/aromatic N) is 3. The first-order valence-corrected chi connectivity index (χ1v) is 13.2. The summed E-state index contributed by atoms with van der Waals surface area (Å²) in [6, 6.07) is 2.20. The number of benzene rings is 1. The minimum atomic E-state index is -1.00. The average molecular weight is 555 g/mol. The van der Waals surface area contributed by atoms with Crippen LogP contribution in [-0.2, 0) is 19.1 Å². The van der Waals surface area contributed by atoms with E-state index in [0.717, 1.165) is 19.3 Å². The van der Waals surface area contributed by atoms with Crippen LogP contribution in [0.3, 0.4) is 0 Å². The molecule has 3 atom stereocenters.